The molecule has 0 bridgehead atoms. The Labute approximate surface area is 122 Å². The van der Waals surface area contributed by atoms with E-state index in [0.29, 0.717) is 4.47 Å². The zero-order valence-electron chi connectivity index (χ0n) is 10.5. The summed E-state index contributed by atoms with van der Waals surface area (Å²) >= 11 is 3.12. The van der Waals surface area contributed by atoms with Crippen LogP contribution in [-0.4, -0.2) is 46.8 Å². The lowest BCUT2D eigenvalue weighted by Gasteiger charge is -2.21. The molecule has 2 heterocycles. The first kappa shape index (κ1) is 14.7. The maximum Gasteiger partial charge on any atom is 0.326 e. The molecule has 1 aliphatic heterocycles. The number of nitrogens with zero attached hydrogens (tertiary/aromatic N) is 3. The van der Waals surface area contributed by atoms with Crippen molar-refractivity contribution in [3.63, 3.8) is 0 Å². The Morgan fingerprint density at radius 2 is 2.40 bits per heavy atom. The minimum absolute atomic E-state index is 0.0464. The first-order chi connectivity index (χ1) is 9.43. The lowest BCUT2D eigenvalue weighted by Crippen LogP contribution is -2.37. The number of rotatable bonds is 4. The number of hydrogen-bond donors (Lipinski definition) is 1. The van der Waals surface area contributed by atoms with Crippen molar-refractivity contribution in [1.82, 2.24) is 4.98 Å². The smallest absolute Gasteiger partial charge is 0.326 e. The van der Waals surface area contributed by atoms with Gasteiger partial charge in [-0.05, 0) is 15.9 Å². The number of carboxylic acids is 1. The Bertz CT molecular complexity index is 553. The van der Waals surface area contributed by atoms with Crippen molar-refractivity contribution in [1.29, 1.82) is 0 Å². The maximum atomic E-state index is 11.3. The van der Waals surface area contributed by atoms with Crippen LogP contribution in [0.2, 0.25) is 0 Å². The van der Waals surface area contributed by atoms with Crippen LogP contribution in [0.1, 0.15) is 6.42 Å². The third-order valence-electron chi connectivity index (χ3n) is 3.16. The molecule has 1 aliphatic rings. The number of nitro groups is 1. The quantitative estimate of drug-likeness (QED) is 0.649. The highest BCUT2D eigenvalue weighted by Gasteiger charge is 2.40. The molecule has 1 saturated heterocycles. The molecule has 1 fully saturated rings. The summed E-state index contributed by atoms with van der Waals surface area (Å²) in [5.41, 5.74) is -0.234. The van der Waals surface area contributed by atoms with Crippen LogP contribution in [-0.2, 0) is 9.53 Å². The van der Waals surface area contributed by atoms with Crippen LogP contribution < -0.4 is 4.90 Å². The lowest BCUT2D eigenvalue weighted by molar-refractivity contribution is -0.384. The molecule has 1 aromatic rings. The standard InChI is InChI=1S/C11H12BrN3O5/c1-20-7-3-9(11(16)17)14(5-7)10-8(15(18)19)2-6(12)4-13-10/h2,4,7,9H,3,5H2,1H3,(H,16,17). The van der Waals surface area contributed by atoms with Crippen LogP contribution in [0.3, 0.4) is 0 Å². The topological polar surface area (TPSA) is 106 Å². The minimum atomic E-state index is -1.05. The molecule has 0 radical (unpaired) electrons. The van der Waals surface area contributed by atoms with Gasteiger partial charge in [0, 0.05) is 36.8 Å². The number of aliphatic carboxylic acids is 1. The molecular weight excluding hydrogens is 334 g/mol. The zero-order chi connectivity index (χ0) is 14.9. The number of halogens is 1. The Morgan fingerprint density at radius 3 is 2.95 bits per heavy atom. The predicted molar refractivity (Wildman–Crippen MR) is 72.8 cm³/mol. The largest absolute Gasteiger partial charge is 0.480 e. The summed E-state index contributed by atoms with van der Waals surface area (Å²) in [5.74, 6) is -1.01. The van der Waals surface area contributed by atoms with Crippen molar-refractivity contribution >= 4 is 33.4 Å². The molecule has 1 N–H and O–H groups in total. The van der Waals surface area contributed by atoms with E-state index in [4.69, 9.17) is 4.74 Å². The number of carbonyl (C=O) groups is 1. The highest BCUT2D eigenvalue weighted by molar-refractivity contribution is 9.10. The summed E-state index contributed by atoms with van der Waals surface area (Å²) in [5, 5.41) is 20.3. The highest BCUT2D eigenvalue weighted by Crippen LogP contribution is 2.34. The van der Waals surface area contributed by atoms with Gasteiger partial charge < -0.3 is 14.7 Å². The number of hydrogen-bond acceptors (Lipinski definition) is 6. The van der Waals surface area contributed by atoms with Crippen molar-refractivity contribution in [2.45, 2.75) is 18.6 Å². The number of methoxy groups -OCH3 is 1. The second-order valence-electron chi connectivity index (χ2n) is 4.35. The van der Waals surface area contributed by atoms with Gasteiger partial charge in [0.15, 0.2) is 0 Å². The second kappa shape index (κ2) is 5.71. The summed E-state index contributed by atoms with van der Waals surface area (Å²) in [4.78, 5) is 27.2. The van der Waals surface area contributed by atoms with E-state index in [2.05, 4.69) is 20.9 Å². The SMILES string of the molecule is COC1CC(C(=O)O)N(c2ncc(Br)cc2[N+](=O)[O-])C1. The molecule has 0 amide bonds. The fourth-order valence-corrected chi connectivity index (χ4v) is 2.53. The molecule has 108 valence electrons. The first-order valence-electron chi connectivity index (χ1n) is 5.76. The van der Waals surface area contributed by atoms with Gasteiger partial charge in [0.2, 0.25) is 5.82 Å². The number of carboxylic acid groups (broad SMARTS) is 1. The van der Waals surface area contributed by atoms with Gasteiger partial charge in [-0.2, -0.15) is 0 Å². The van der Waals surface area contributed by atoms with Gasteiger partial charge in [-0.3, -0.25) is 10.1 Å². The summed E-state index contributed by atoms with van der Waals surface area (Å²) < 4.78 is 5.62. The molecule has 20 heavy (non-hydrogen) atoms. The molecular formula is C11H12BrN3O5. The number of anilines is 1. The molecule has 2 rings (SSSR count). The molecule has 0 aromatic carbocycles. The molecule has 2 atom stereocenters. The number of pyridine rings is 1. The average Bonchev–Trinajstić information content (AvgIpc) is 2.82. The summed E-state index contributed by atoms with van der Waals surface area (Å²) in [7, 11) is 1.48. The van der Waals surface area contributed by atoms with Gasteiger partial charge in [-0.15, -0.1) is 0 Å². The highest BCUT2D eigenvalue weighted by atomic mass is 79.9. The van der Waals surface area contributed by atoms with Crippen LogP contribution >= 0.6 is 15.9 Å². The molecule has 1 aromatic heterocycles. The van der Waals surface area contributed by atoms with E-state index in [1.165, 1.54) is 24.3 Å². The molecule has 2 unspecified atom stereocenters. The fraction of sp³-hybridized carbons (Fsp3) is 0.455. The van der Waals surface area contributed by atoms with E-state index in [1.54, 1.807) is 0 Å². The predicted octanol–water partition coefficient (Wildman–Crippen LogP) is 1.43. The van der Waals surface area contributed by atoms with Crippen LogP contribution in [0.4, 0.5) is 11.5 Å². The summed E-state index contributed by atoms with van der Waals surface area (Å²) in [6, 6.07) is 0.425. The van der Waals surface area contributed by atoms with Gasteiger partial charge in [0.1, 0.15) is 6.04 Å². The van der Waals surface area contributed by atoms with E-state index in [0.717, 1.165) is 0 Å². The average molecular weight is 346 g/mol. The van der Waals surface area contributed by atoms with Crippen molar-refractivity contribution in [2.24, 2.45) is 0 Å². The van der Waals surface area contributed by atoms with Crippen LogP contribution in [0.25, 0.3) is 0 Å². The molecule has 0 spiro atoms. The number of aromatic nitrogens is 1. The van der Waals surface area contributed by atoms with Gasteiger partial charge in [-0.1, -0.05) is 0 Å². The monoisotopic (exact) mass is 345 g/mol. The first-order valence-corrected chi connectivity index (χ1v) is 6.55. The van der Waals surface area contributed by atoms with E-state index < -0.39 is 16.9 Å². The zero-order valence-corrected chi connectivity index (χ0v) is 12.1. The van der Waals surface area contributed by atoms with Crippen molar-refractivity contribution < 1.29 is 19.6 Å². The van der Waals surface area contributed by atoms with E-state index in [1.807, 2.05) is 0 Å². The normalized spacial score (nSPS) is 22.0. The van der Waals surface area contributed by atoms with Crippen LogP contribution in [0.15, 0.2) is 16.7 Å². The van der Waals surface area contributed by atoms with E-state index in [-0.39, 0.29) is 30.6 Å². The van der Waals surface area contributed by atoms with Gasteiger partial charge >= 0.3 is 11.7 Å². The Balaban J connectivity index is 2.43. The molecule has 8 nitrogen and oxygen atoms in total. The third kappa shape index (κ3) is 2.73. The Morgan fingerprint density at radius 1 is 1.70 bits per heavy atom. The van der Waals surface area contributed by atoms with Gasteiger partial charge in [0.25, 0.3) is 0 Å². The van der Waals surface area contributed by atoms with Crippen LogP contribution in [0.5, 0.6) is 0 Å². The lowest BCUT2D eigenvalue weighted by atomic mass is 10.2. The number of ether oxygens (including phenoxy) is 1. The van der Waals surface area contributed by atoms with E-state index in [9.17, 15) is 20.0 Å². The van der Waals surface area contributed by atoms with Crippen LogP contribution in [0, 0.1) is 10.1 Å². The summed E-state index contributed by atoms with van der Waals surface area (Å²) in [6.45, 7) is 0.253. The molecule has 0 saturated carbocycles. The Hall–Kier alpha value is -1.74. The van der Waals surface area contributed by atoms with Crippen molar-refractivity contribution in [2.75, 3.05) is 18.6 Å². The second-order valence-corrected chi connectivity index (χ2v) is 5.27. The molecule has 9 heteroatoms. The Kier molecular flexibility index (Phi) is 4.19. The fourth-order valence-electron chi connectivity index (χ4n) is 2.21. The van der Waals surface area contributed by atoms with Gasteiger partial charge in [0.05, 0.1) is 11.0 Å². The molecule has 0 aliphatic carbocycles. The van der Waals surface area contributed by atoms with Crippen molar-refractivity contribution in [3.05, 3.63) is 26.9 Å². The maximum absolute atomic E-state index is 11.3. The van der Waals surface area contributed by atoms with Crippen molar-refractivity contribution in [3.8, 4) is 0 Å². The van der Waals surface area contributed by atoms with Gasteiger partial charge in [-0.25, -0.2) is 9.78 Å². The summed E-state index contributed by atoms with van der Waals surface area (Å²) in [6.07, 6.45) is 1.38. The van der Waals surface area contributed by atoms with E-state index >= 15 is 0 Å². The third-order valence-corrected chi connectivity index (χ3v) is 3.60. The minimum Gasteiger partial charge on any atom is -0.480 e.